The molecule has 7 nitrogen and oxygen atoms in total. The van der Waals surface area contributed by atoms with E-state index >= 15 is 0 Å². The lowest BCUT2D eigenvalue weighted by atomic mass is 9.94. The number of carbonyl (C=O) groups is 1. The Kier molecular flexibility index (Phi) is 4.55. The van der Waals surface area contributed by atoms with Crippen LogP contribution in [0.4, 0.5) is 4.79 Å². The van der Waals surface area contributed by atoms with E-state index in [0.717, 1.165) is 35.0 Å². The number of para-hydroxylation sites is 1. The van der Waals surface area contributed by atoms with Crippen LogP contribution < -0.4 is 5.69 Å². The zero-order chi connectivity index (χ0) is 16.2. The third kappa shape index (κ3) is 3.04. The number of carbonyl (C=O) groups excluding carboxylic acids is 1. The highest BCUT2D eigenvalue weighted by molar-refractivity contribution is 5.75. The van der Waals surface area contributed by atoms with Gasteiger partial charge in [-0.05, 0) is 42.3 Å². The van der Waals surface area contributed by atoms with Gasteiger partial charge in [0.1, 0.15) is 0 Å². The van der Waals surface area contributed by atoms with Crippen LogP contribution in [0.25, 0.3) is 5.69 Å². The molecule has 0 unspecified atom stereocenters. The first-order valence-electron chi connectivity index (χ1n) is 8.13. The van der Waals surface area contributed by atoms with E-state index in [2.05, 4.69) is 10.4 Å². The van der Waals surface area contributed by atoms with Crippen LogP contribution in [0.3, 0.4) is 0 Å². The normalized spacial score (nSPS) is 15.5. The summed E-state index contributed by atoms with van der Waals surface area (Å²) in [4.78, 5) is 26.9. The molecule has 0 bridgehead atoms. The topological polar surface area (TPSA) is 73.0 Å². The molecule has 0 spiro atoms. The molecule has 1 aliphatic carbocycles. The second-order valence-electron chi connectivity index (χ2n) is 5.78. The standard InChI is InChI=1S/C16H21N5O2/c1-2-19(13-9-5-3-6-10-13)15(22)21-16(23)20(17-18-21)14-11-7-4-8-12-14/h4,7-8,11-13H,2-3,5-6,9-10H2,1H3. The highest BCUT2D eigenvalue weighted by Gasteiger charge is 2.27. The van der Waals surface area contributed by atoms with Crippen LogP contribution in [0.5, 0.6) is 0 Å². The van der Waals surface area contributed by atoms with Gasteiger partial charge >= 0.3 is 11.7 Å². The maximum atomic E-state index is 12.7. The third-order valence-electron chi connectivity index (χ3n) is 4.37. The maximum Gasteiger partial charge on any atom is 0.377 e. The van der Waals surface area contributed by atoms with Gasteiger partial charge in [0.25, 0.3) is 0 Å². The molecule has 0 radical (unpaired) electrons. The van der Waals surface area contributed by atoms with E-state index < -0.39 is 5.69 Å². The molecule has 2 aromatic rings. The maximum absolute atomic E-state index is 12.7. The van der Waals surface area contributed by atoms with Crippen LogP contribution in [-0.4, -0.2) is 43.3 Å². The lowest BCUT2D eigenvalue weighted by Crippen LogP contribution is -2.46. The van der Waals surface area contributed by atoms with Crippen molar-refractivity contribution in [3.05, 3.63) is 40.8 Å². The Morgan fingerprint density at radius 2 is 1.87 bits per heavy atom. The third-order valence-corrected chi connectivity index (χ3v) is 4.37. The zero-order valence-electron chi connectivity index (χ0n) is 13.3. The molecule has 122 valence electrons. The van der Waals surface area contributed by atoms with Gasteiger partial charge in [0.2, 0.25) is 0 Å². The first-order chi connectivity index (χ1) is 11.2. The second-order valence-corrected chi connectivity index (χ2v) is 5.78. The van der Waals surface area contributed by atoms with Gasteiger partial charge in [-0.3, -0.25) is 0 Å². The number of nitrogens with zero attached hydrogens (tertiary/aromatic N) is 5. The fraction of sp³-hybridized carbons (Fsp3) is 0.500. The van der Waals surface area contributed by atoms with Crippen molar-refractivity contribution in [2.75, 3.05) is 6.54 Å². The minimum absolute atomic E-state index is 0.190. The average molecular weight is 315 g/mol. The van der Waals surface area contributed by atoms with Crippen LogP contribution in [0.1, 0.15) is 39.0 Å². The first-order valence-corrected chi connectivity index (χ1v) is 8.13. The molecule has 0 aliphatic heterocycles. The van der Waals surface area contributed by atoms with E-state index in [1.807, 2.05) is 25.1 Å². The Bertz CT molecular complexity index is 716. The Morgan fingerprint density at radius 3 is 2.52 bits per heavy atom. The summed E-state index contributed by atoms with van der Waals surface area (Å²) >= 11 is 0. The van der Waals surface area contributed by atoms with Crippen LogP contribution in [-0.2, 0) is 0 Å². The zero-order valence-corrected chi connectivity index (χ0v) is 13.3. The van der Waals surface area contributed by atoms with Crippen molar-refractivity contribution in [2.24, 2.45) is 0 Å². The summed E-state index contributed by atoms with van der Waals surface area (Å²) < 4.78 is 2.01. The summed E-state index contributed by atoms with van der Waals surface area (Å²) in [6, 6.07) is 8.78. The predicted molar refractivity (Wildman–Crippen MR) is 85.7 cm³/mol. The van der Waals surface area contributed by atoms with E-state index in [1.165, 1.54) is 6.42 Å². The number of benzene rings is 1. The summed E-state index contributed by atoms with van der Waals surface area (Å²) in [7, 11) is 0. The molecule has 0 N–H and O–H groups in total. The lowest BCUT2D eigenvalue weighted by Gasteiger charge is -2.32. The number of amides is 1. The number of aromatic nitrogens is 4. The minimum Gasteiger partial charge on any atom is -0.320 e. The first kappa shape index (κ1) is 15.5. The monoisotopic (exact) mass is 315 g/mol. The molecule has 23 heavy (non-hydrogen) atoms. The fourth-order valence-electron chi connectivity index (χ4n) is 3.16. The van der Waals surface area contributed by atoms with Crippen molar-refractivity contribution in [3.8, 4) is 5.69 Å². The van der Waals surface area contributed by atoms with Crippen molar-refractivity contribution in [2.45, 2.75) is 45.1 Å². The molecule has 3 rings (SSSR count). The number of hydrogen-bond donors (Lipinski definition) is 0. The smallest absolute Gasteiger partial charge is 0.320 e. The van der Waals surface area contributed by atoms with E-state index in [9.17, 15) is 9.59 Å². The second kappa shape index (κ2) is 6.76. The molecule has 0 atom stereocenters. The summed E-state index contributed by atoms with van der Waals surface area (Å²) in [6.45, 7) is 2.49. The van der Waals surface area contributed by atoms with E-state index in [1.54, 1.807) is 17.0 Å². The molecule has 1 saturated carbocycles. The highest BCUT2D eigenvalue weighted by atomic mass is 16.2. The van der Waals surface area contributed by atoms with Crippen molar-refractivity contribution in [3.63, 3.8) is 0 Å². The average Bonchev–Trinajstić information content (AvgIpc) is 2.99. The lowest BCUT2D eigenvalue weighted by molar-refractivity contribution is 0.157. The largest absolute Gasteiger partial charge is 0.377 e. The van der Waals surface area contributed by atoms with Crippen LogP contribution in [0, 0.1) is 0 Å². The molecule has 1 aliphatic rings. The Morgan fingerprint density at radius 1 is 1.17 bits per heavy atom. The van der Waals surface area contributed by atoms with E-state index in [-0.39, 0.29) is 12.1 Å². The van der Waals surface area contributed by atoms with Gasteiger partial charge in [-0.25, -0.2) is 9.59 Å². The van der Waals surface area contributed by atoms with E-state index in [0.29, 0.717) is 12.2 Å². The van der Waals surface area contributed by atoms with Gasteiger partial charge in [-0.1, -0.05) is 37.5 Å². The van der Waals surface area contributed by atoms with Crippen LogP contribution in [0.15, 0.2) is 35.1 Å². The molecular weight excluding hydrogens is 294 g/mol. The summed E-state index contributed by atoms with van der Waals surface area (Å²) in [5.41, 5.74) is 0.0627. The molecular formula is C16H21N5O2. The van der Waals surface area contributed by atoms with Crippen molar-refractivity contribution in [1.29, 1.82) is 0 Å². The van der Waals surface area contributed by atoms with Crippen molar-refractivity contribution in [1.82, 2.24) is 24.7 Å². The SMILES string of the molecule is CCN(C(=O)n1nnn(-c2ccccc2)c1=O)C1CCCCC1. The summed E-state index contributed by atoms with van der Waals surface area (Å²) in [6.07, 6.45) is 5.44. The van der Waals surface area contributed by atoms with Gasteiger partial charge in [0.05, 0.1) is 5.69 Å². The van der Waals surface area contributed by atoms with Crippen LogP contribution in [0.2, 0.25) is 0 Å². The Labute approximate surface area is 134 Å². The van der Waals surface area contributed by atoms with Crippen LogP contribution >= 0.6 is 0 Å². The van der Waals surface area contributed by atoms with Gasteiger partial charge in [0, 0.05) is 12.6 Å². The molecule has 1 amide bonds. The summed E-state index contributed by atoms with van der Waals surface area (Å²) in [5.74, 6) is 0. The van der Waals surface area contributed by atoms with E-state index in [4.69, 9.17) is 0 Å². The van der Waals surface area contributed by atoms with Crippen molar-refractivity contribution >= 4 is 6.03 Å². The predicted octanol–water partition coefficient (Wildman–Crippen LogP) is 2.05. The Hall–Kier alpha value is -2.44. The number of rotatable bonds is 3. The fourth-order valence-corrected chi connectivity index (χ4v) is 3.16. The highest BCUT2D eigenvalue weighted by Crippen LogP contribution is 2.22. The quantitative estimate of drug-likeness (QED) is 0.813. The van der Waals surface area contributed by atoms with Gasteiger partial charge in [0.15, 0.2) is 0 Å². The minimum atomic E-state index is -0.532. The molecule has 1 fully saturated rings. The van der Waals surface area contributed by atoms with Crippen molar-refractivity contribution < 1.29 is 4.79 Å². The molecule has 0 saturated heterocycles. The number of hydrogen-bond acceptors (Lipinski definition) is 4. The molecule has 1 aromatic heterocycles. The number of tetrazole rings is 1. The van der Waals surface area contributed by atoms with Gasteiger partial charge < -0.3 is 4.90 Å². The molecule has 1 aromatic carbocycles. The Balaban J connectivity index is 1.87. The molecule has 1 heterocycles. The molecule has 7 heteroatoms. The van der Waals surface area contributed by atoms with Gasteiger partial charge in [-0.2, -0.15) is 4.68 Å². The van der Waals surface area contributed by atoms with Gasteiger partial charge in [-0.15, -0.1) is 4.68 Å². The summed E-state index contributed by atoms with van der Waals surface area (Å²) in [5, 5.41) is 7.62.